The first-order chi connectivity index (χ1) is 24.8. The molecule has 6 aromatic rings. The van der Waals surface area contributed by atoms with E-state index in [1.54, 1.807) is 0 Å². The minimum atomic E-state index is -4.29. The molecule has 278 valence electrons. The summed E-state index contributed by atoms with van der Waals surface area (Å²) in [4.78, 5) is 0. The van der Waals surface area contributed by atoms with Crippen molar-refractivity contribution < 1.29 is 26.0 Å². The molecule has 2 aliphatic rings. The second-order valence-electron chi connectivity index (χ2n) is 17.0. The van der Waals surface area contributed by atoms with E-state index in [-0.39, 0.29) is 32.2 Å². The maximum absolute atomic E-state index is 6.54. The first-order valence-electron chi connectivity index (χ1n) is 18.9. The van der Waals surface area contributed by atoms with Crippen molar-refractivity contribution in [1.82, 2.24) is 0 Å². The molecular formula is C48H52Cl2HfO2Si. The van der Waals surface area contributed by atoms with Crippen LogP contribution in [0.3, 0.4) is 0 Å². The monoisotopic (exact) mass is 938 g/mol. The molecule has 2 heterocycles. The number of rotatable bonds is 8. The zero-order chi connectivity index (χ0) is 36.6. The number of hydrogen-bond donors (Lipinski definition) is 0. The van der Waals surface area contributed by atoms with Gasteiger partial charge in [0, 0.05) is 0 Å². The molecule has 0 aliphatic heterocycles. The number of allylic oxidation sites excluding steroid dienone is 2. The van der Waals surface area contributed by atoms with Crippen LogP contribution in [-0.4, -0.2) is 6.94 Å². The van der Waals surface area contributed by atoms with Gasteiger partial charge in [0.2, 0.25) is 0 Å². The number of hydrogen-bond acceptors (Lipinski definition) is 2. The van der Waals surface area contributed by atoms with E-state index in [2.05, 4.69) is 179 Å². The summed E-state index contributed by atoms with van der Waals surface area (Å²) in [6.07, 6.45) is 4.95. The topological polar surface area (TPSA) is 26.3 Å². The SMILES string of the molecule is Cc1ccc(C2=Cc3c(-c4ccc(C(C)C)cc4)cccc3[CH]2[Hf]([CH3])([CH3])(=[SiH2])[CH]2C(c3ccc(C)o3)=Cc3c(-c4ccc(C(C)C)cc4)cccc32)o1.Cl.Cl. The van der Waals surface area contributed by atoms with Gasteiger partial charge in [-0.15, -0.1) is 24.8 Å². The van der Waals surface area contributed by atoms with Gasteiger partial charge < -0.3 is 0 Å². The van der Waals surface area contributed by atoms with Crippen molar-refractivity contribution in [2.75, 3.05) is 0 Å². The predicted molar refractivity (Wildman–Crippen MR) is 235 cm³/mol. The zero-order valence-electron chi connectivity index (χ0n) is 32.7. The summed E-state index contributed by atoms with van der Waals surface area (Å²) < 4.78 is 19.0. The summed E-state index contributed by atoms with van der Waals surface area (Å²) in [5, 5.41) is 0. The quantitative estimate of drug-likeness (QED) is 0.142. The van der Waals surface area contributed by atoms with Crippen LogP contribution in [0.25, 0.3) is 45.6 Å². The number of furan rings is 2. The van der Waals surface area contributed by atoms with Crippen molar-refractivity contribution in [3.63, 3.8) is 0 Å². The van der Waals surface area contributed by atoms with Crippen molar-refractivity contribution in [3.8, 4) is 22.3 Å². The fourth-order valence-electron chi connectivity index (χ4n) is 9.22. The Morgan fingerprint density at radius 1 is 0.519 bits per heavy atom. The summed E-state index contributed by atoms with van der Waals surface area (Å²) in [6, 6.07) is 41.0. The van der Waals surface area contributed by atoms with Crippen LogP contribution in [0.5, 0.6) is 0 Å². The molecule has 0 bridgehead atoms. The van der Waals surface area contributed by atoms with Gasteiger partial charge in [0.05, 0.1) is 0 Å². The minimum absolute atomic E-state index is 0. The molecule has 2 unspecified atom stereocenters. The summed E-state index contributed by atoms with van der Waals surface area (Å²) in [6.45, 7) is 15.5. The van der Waals surface area contributed by atoms with Crippen molar-refractivity contribution in [1.29, 1.82) is 0 Å². The van der Waals surface area contributed by atoms with Crippen LogP contribution in [0.4, 0.5) is 0 Å². The second kappa shape index (κ2) is 14.9. The normalized spacial score (nSPS) is 16.4. The molecule has 0 amide bonds. The van der Waals surface area contributed by atoms with E-state index in [1.165, 1.54) is 66.8 Å². The van der Waals surface area contributed by atoms with Crippen LogP contribution in [-0.2, 0) is 17.1 Å². The van der Waals surface area contributed by atoms with E-state index in [4.69, 9.17) is 8.83 Å². The van der Waals surface area contributed by atoms with Gasteiger partial charge in [0.1, 0.15) is 0 Å². The maximum Gasteiger partial charge on any atom is -0.147 e. The molecule has 0 saturated carbocycles. The van der Waals surface area contributed by atoms with Gasteiger partial charge >= 0.3 is 314 Å². The molecule has 0 saturated heterocycles. The molecule has 0 radical (unpaired) electrons. The Balaban J connectivity index is 0.00000249. The molecule has 0 fully saturated rings. The zero-order valence-corrected chi connectivity index (χ0v) is 39.3. The molecule has 2 nitrogen and oxygen atoms in total. The number of benzene rings is 4. The van der Waals surface area contributed by atoms with Gasteiger partial charge in [-0.2, -0.15) is 0 Å². The summed E-state index contributed by atoms with van der Waals surface area (Å²) >= 11 is -4.29. The van der Waals surface area contributed by atoms with Crippen LogP contribution in [0.2, 0.25) is 9.36 Å². The molecular weight excluding hydrogens is 886 g/mol. The third-order valence-corrected chi connectivity index (χ3v) is 36.6. The van der Waals surface area contributed by atoms with Crippen molar-refractivity contribution in [2.45, 2.75) is 70.1 Å². The third-order valence-electron chi connectivity index (χ3n) is 11.8. The van der Waals surface area contributed by atoms with Crippen LogP contribution >= 0.6 is 24.8 Å². The summed E-state index contributed by atoms with van der Waals surface area (Å²) in [7, 11) is 0. The molecule has 0 N–H and O–H groups in total. The van der Waals surface area contributed by atoms with Crippen LogP contribution in [0, 0.1) is 13.8 Å². The van der Waals surface area contributed by atoms with E-state index in [1.807, 2.05) is 0 Å². The molecule has 6 heteroatoms. The molecule has 8 rings (SSSR count). The summed E-state index contributed by atoms with van der Waals surface area (Å²) in [5.41, 5.74) is 16.1. The molecule has 2 aliphatic carbocycles. The third kappa shape index (κ3) is 6.87. The fraction of sp³-hybridized carbons (Fsp3) is 0.250. The first kappa shape index (κ1) is 40.3. The van der Waals surface area contributed by atoms with Crippen molar-refractivity contribution >= 4 is 55.1 Å². The van der Waals surface area contributed by atoms with E-state index in [0.717, 1.165) is 23.0 Å². The predicted octanol–water partition coefficient (Wildman–Crippen LogP) is 14.1. The number of halogens is 2. The first-order valence-corrected chi connectivity index (χ1v) is 38.6. The number of aryl methyl sites for hydroxylation is 2. The van der Waals surface area contributed by atoms with Gasteiger partial charge in [0.25, 0.3) is 0 Å². The number of fused-ring (bicyclic) bond motifs is 2. The van der Waals surface area contributed by atoms with E-state index in [9.17, 15) is 0 Å². The Morgan fingerprint density at radius 2 is 0.889 bits per heavy atom. The maximum atomic E-state index is 6.54. The Hall–Kier alpha value is -3.41. The second-order valence-corrected chi connectivity index (χ2v) is 60.5. The van der Waals surface area contributed by atoms with Crippen molar-refractivity contribution in [3.05, 3.63) is 166 Å². The van der Waals surface area contributed by atoms with Gasteiger partial charge in [-0.3, -0.25) is 0 Å². The van der Waals surface area contributed by atoms with Gasteiger partial charge in [0.15, 0.2) is 0 Å². The average molecular weight is 938 g/mol. The average Bonchev–Trinajstić information content (AvgIpc) is 3.92. The molecule has 0 spiro atoms. The van der Waals surface area contributed by atoms with Gasteiger partial charge in [-0.25, -0.2) is 0 Å². The minimum Gasteiger partial charge on any atom is -0.147 e. The van der Waals surface area contributed by atoms with Crippen LogP contribution in [0.1, 0.15) is 103 Å². The standard InChI is InChI=1S/2C23H21O.2CH3.2ClH.Hf.H2Si/c2*1-15(2)17-8-10-18(11-9-17)21-6-4-5-19-13-20(14-22(19)21)23-12-7-16(3)24-23;;;;;;/h2*4-15H,1-3H3;2*1H3;2*1H;;1H2. The van der Waals surface area contributed by atoms with E-state index in [0.29, 0.717) is 11.8 Å². The Kier molecular flexibility index (Phi) is 11.1. The van der Waals surface area contributed by atoms with E-state index >= 15 is 0 Å². The smallest absolute Gasteiger partial charge is 0.147 e. The molecule has 54 heavy (non-hydrogen) atoms. The molecule has 2 atom stereocenters. The summed E-state index contributed by atoms with van der Waals surface area (Å²) in [5.74, 6) is 4.88. The van der Waals surface area contributed by atoms with Crippen LogP contribution in [0.15, 0.2) is 118 Å². The van der Waals surface area contributed by atoms with E-state index < -0.39 is 17.1 Å². The molecule has 2 aromatic heterocycles. The van der Waals surface area contributed by atoms with Gasteiger partial charge in [-0.1, -0.05) is 0 Å². The Morgan fingerprint density at radius 3 is 1.20 bits per heavy atom. The Bertz CT molecular complexity index is 2300. The largest absolute Gasteiger partial charge is 0.147 e. The van der Waals surface area contributed by atoms with Crippen molar-refractivity contribution in [2.24, 2.45) is 0 Å². The Labute approximate surface area is 336 Å². The van der Waals surface area contributed by atoms with Gasteiger partial charge in [-0.05, 0) is 0 Å². The van der Waals surface area contributed by atoms with Crippen LogP contribution < -0.4 is 0 Å². The molecule has 4 aromatic carbocycles. The fourth-order valence-corrected chi connectivity index (χ4v) is 35.7.